The smallest absolute Gasteiger partial charge is 0.447 e. The second-order valence-electron chi connectivity index (χ2n) is 4.15. The maximum absolute atomic E-state index is 11.4. The summed E-state index contributed by atoms with van der Waals surface area (Å²) in [5.41, 5.74) is 0.790. The summed E-state index contributed by atoms with van der Waals surface area (Å²) in [4.78, 5) is 22.5. The van der Waals surface area contributed by atoms with Crippen molar-refractivity contribution in [2.24, 2.45) is 10.2 Å². The third-order valence-corrected chi connectivity index (χ3v) is 2.48. The minimum atomic E-state index is -0.954. The van der Waals surface area contributed by atoms with Crippen molar-refractivity contribution in [1.82, 2.24) is 0 Å². The van der Waals surface area contributed by atoms with Gasteiger partial charge in [0.05, 0.1) is 6.61 Å². The average Bonchev–Trinajstić information content (AvgIpc) is 2.44. The standard InChI is InChI=1S/C14H18N2O4/c1-3-4-7-10-19-13(17)15-16-14(18)20-12-9-6-5-8-11(12)2/h5-6,8-9H,3-4,7,10H2,1-2H3. The van der Waals surface area contributed by atoms with Crippen molar-refractivity contribution < 1.29 is 19.1 Å². The number of carbonyl (C=O) groups excluding carboxylic acids is 2. The molecule has 0 radical (unpaired) electrons. The van der Waals surface area contributed by atoms with E-state index in [2.05, 4.69) is 10.2 Å². The van der Waals surface area contributed by atoms with Crippen molar-refractivity contribution in [3.8, 4) is 5.75 Å². The molecule has 20 heavy (non-hydrogen) atoms. The number of nitrogens with zero attached hydrogens (tertiary/aromatic N) is 2. The van der Waals surface area contributed by atoms with E-state index in [9.17, 15) is 9.59 Å². The highest BCUT2D eigenvalue weighted by Gasteiger charge is 2.07. The lowest BCUT2D eigenvalue weighted by Crippen LogP contribution is -2.05. The van der Waals surface area contributed by atoms with Gasteiger partial charge in [-0.3, -0.25) is 0 Å². The number of hydrogen-bond donors (Lipinski definition) is 0. The minimum absolute atomic E-state index is 0.276. The molecule has 0 aliphatic heterocycles. The van der Waals surface area contributed by atoms with Gasteiger partial charge in [-0.05, 0) is 25.0 Å². The Bertz CT molecular complexity index is 486. The molecule has 0 unspecified atom stereocenters. The largest absolute Gasteiger partial charge is 0.458 e. The lowest BCUT2D eigenvalue weighted by molar-refractivity contribution is 0.152. The van der Waals surface area contributed by atoms with E-state index in [1.54, 1.807) is 25.1 Å². The summed E-state index contributed by atoms with van der Waals surface area (Å²) in [6.07, 6.45) is 0.931. The molecule has 0 aliphatic rings. The lowest BCUT2D eigenvalue weighted by atomic mass is 10.2. The molecule has 1 aromatic carbocycles. The molecule has 0 saturated heterocycles. The number of hydrogen-bond acceptors (Lipinski definition) is 4. The SMILES string of the molecule is CCCCCOC(=O)N=NC(=O)Oc1ccccc1C. The molecule has 0 saturated carbocycles. The second kappa shape index (κ2) is 8.79. The van der Waals surface area contributed by atoms with Gasteiger partial charge >= 0.3 is 12.2 Å². The van der Waals surface area contributed by atoms with Crippen LogP contribution in [0.25, 0.3) is 0 Å². The summed E-state index contributed by atoms with van der Waals surface area (Å²) in [6.45, 7) is 4.11. The first-order valence-corrected chi connectivity index (χ1v) is 6.49. The zero-order chi connectivity index (χ0) is 14.8. The van der Waals surface area contributed by atoms with Gasteiger partial charge in [0, 0.05) is 0 Å². The number of azo groups is 1. The Labute approximate surface area is 117 Å². The molecular formula is C14H18N2O4. The molecule has 0 spiro atoms. The Balaban J connectivity index is 2.36. The number of ether oxygens (including phenoxy) is 2. The monoisotopic (exact) mass is 278 g/mol. The summed E-state index contributed by atoms with van der Waals surface area (Å²) in [5.74, 6) is 0.382. The van der Waals surface area contributed by atoms with Crippen molar-refractivity contribution in [2.75, 3.05) is 6.61 Å². The molecule has 6 nitrogen and oxygen atoms in total. The first kappa shape index (κ1) is 15.8. The minimum Gasteiger partial charge on any atom is -0.447 e. The third-order valence-electron chi connectivity index (χ3n) is 2.48. The highest BCUT2D eigenvalue weighted by atomic mass is 16.6. The zero-order valence-electron chi connectivity index (χ0n) is 11.7. The molecule has 0 atom stereocenters. The molecule has 6 heteroatoms. The van der Waals surface area contributed by atoms with Crippen LogP contribution < -0.4 is 4.74 Å². The predicted octanol–water partition coefficient (Wildman–Crippen LogP) is 4.27. The first-order valence-electron chi connectivity index (χ1n) is 6.49. The molecule has 0 bridgehead atoms. The Morgan fingerprint density at radius 1 is 1.10 bits per heavy atom. The van der Waals surface area contributed by atoms with Gasteiger partial charge in [-0.1, -0.05) is 48.2 Å². The number of amides is 2. The van der Waals surface area contributed by atoms with E-state index in [0.29, 0.717) is 5.75 Å². The summed E-state index contributed by atoms with van der Waals surface area (Å²) in [6, 6.07) is 6.98. The maximum atomic E-state index is 11.4. The van der Waals surface area contributed by atoms with Crippen LogP contribution >= 0.6 is 0 Å². The Hall–Kier alpha value is -2.24. The number of para-hydroxylation sites is 1. The van der Waals surface area contributed by atoms with E-state index >= 15 is 0 Å². The fourth-order valence-corrected chi connectivity index (χ4v) is 1.41. The average molecular weight is 278 g/mol. The summed E-state index contributed by atoms with van der Waals surface area (Å²) < 4.78 is 9.69. The molecule has 108 valence electrons. The highest BCUT2D eigenvalue weighted by molar-refractivity contribution is 5.74. The molecule has 0 heterocycles. The van der Waals surface area contributed by atoms with Crippen LogP contribution in [-0.2, 0) is 4.74 Å². The van der Waals surface area contributed by atoms with Crippen molar-refractivity contribution in [2.45, 2.75) is 33.1 Å². The van der Waals surface area contributed by atoms with Crippen molar-refractivity contribution in [3.05, 3.63) is 29.8 Å². The van der Waals surface area contributed by atoms with E-state index in [1.165, 1.54) is 0 Å². The van der Waals surface area contributed by atoms with Crippen LogP contribution in [0.2, 0.25) is 0 Å². The Morgan fingerprint density at radius 2 is 1.80 bits per heavy atom. The number of carbonyl (C=O) groups is 2. The van der Waals surface area contributed by atoms with E-state index in [1.807, 2.05) is 13.0 Å². The molecular weight excluding hydrogens is 260 g/mol. The number of rotatable bonds is 5. The quantitative estimate of drug-likeness (QED) is 0.595. The van der Waals surface area contributed by atoms with Crippen LogP contribution in [0.5, 0.6) is 5.75 Å². The first-order chi connectivity index (χ1) is 9.63. The number of unbranched alkanes of at least 4 members (excludes halogenated alkanes) is 2. The van der Waals surface area contributed by atoms with Crippen LogP contribution in [0.15, 0.2) is 34.5 Å². The van der Waals surface area contributed by atoms with Crippen molar-refractivity contribution in [1.29, 1.82) is 0 Å². The van der Waals surface area contributed by atoms with Crippen LogP contribution in [-0.4, -0.2) is 18.8 Å². The van der Waals surface area contributed by atoms with Gasteiger partial charge in [0.15, 0.2) is 0 Å². The van der Waals surface area contributed by atoms with Crippen LogP contribution in [0.1, 0.15) is 31.7 Å². The summed E-state index contributed by atoms with van der Waals surface area (Å²) >= 11 is 0. The Morgan fingerprint density at radius 3 is 2.50 bits per heavy atom. The van der Waals surface area contributed by atoms with Gasteiger partial charge in [-0.25, -0.2) is 9.59 Å². The number of benzene rings is 1. The molecule has 1 rings (SSSR count). The van der Waals surface area contributed by atoms with Crippen molar-refractivity contribution >= 4 is 12.2 Å². The van der Waals surface area contributed by atoms with Gasteiger partial charge in [-0.2, -0.15) is 0 Å². The molecule has 0 N–H and O–H groups in total. The second-order valence-corrected chi connectivity index (χ2v) is 4.15. The molecule has 0 aliphatic carbocycles. The van der Waals surface area contributed by atoms with Crippen LogP contribution in [0.4, 0.5) is 9.59 Å². The Kier molecular flexibility index (Phi) is 6.95. The van der Waals surface area contributed by atoms with E-state index in [4.69, 9.17) is 9.47 Å². The highest BCUT2D eigenvalue weighted by Crippen LogP contribution is 2.16. The van der Waals surface area contributed by atoms with Crippen molar-refractivity contribution in [3.63, 3.8) is 0 Å². The molecule has 1 aromatic rings. The lowest BCUT2D eigenvalue weighted by Gasteiger charge is -2.02. The summed E-state index contributed by atoms with van der Waals surface area (Å²) in [7, 11) is 0. The fourth-order valence-electron chi connectivity index (χ4n) is 1.41. The topological polar surface area (TPSA) is 77.3 Å². The fraction of sp³-hybridized carbons (Fsp3) is 0.429. The molecule has 2 amide bonds. The van der Waals surface area contributed by atoms with Gasteiger partial charge < -0.3 is 9.47 Å². The van der Waals surface area contributed by atoms with Crippen LogP contribution in [0, 0.1) is 6.92 Å². The predicted molar refractivity (Wildman–Crippen MR) is 72.9 cm³/mol. The molecule has 0 fully saturated rings. The molecule has 0 aromatic heterocycles. The number of aryl methyl sites for hydroxylation is 1. The van der Waals surface area contributed by atoms with Gasteiger partial charge in [-0.15, -0.1) is 0 Å². The van der Waals surface area contributed by atoms with Crippen LogP contribution in [0.3, 0.4) is 0 Å². The maximum Gasteiger partial charge on any atom is 0.458 e. The van der Waals surface area contributed by atoms with Gasteiger partial charge in [0.2, 0.25) is 0 Å². The van der Waals surface area contributed by atoms with E-state index < -0.39 is 12.2 Å². The van der Waals surface area contributed by atoms with Gasteiger partial charge in [0.1, 0.15) is 5.75 Å². The zero-order valence-corrected chi connectivity index (χ0v) is 11.7. The third kappa shape index (κ3) is 6.08. The normalized spacial score (nSPS) is 10.5. The van der Waals surface area contributed by atoms with E-state index in [-0.39, 0.29) is 6.61 Å². The van der Waals surface area contributed by atoms with Gasteiger partial charge in [0.25, 0.3) is 0 Å². The summed E-state index contributed by atoms with van der Waals surface area (Å²) in [5, 5.41) is 6.29. The van der Waals surface area contributed by atoms with E-state index in [0.717, 1.165) is 24.8 Å².